The van der Waals surface area contributed by atoms with Gasteiger partial charge in [0, 0.05) is 77.8 Å². The first-order chi connectivity index (χ1) is 21.7. The van der Waals surface area contributed by atoms with Crippen molar-refractivity contribution >= 4 is 17.2 Å². The van der Waals surface area contributed by atoms with Crippen LogP contribution < -0.4 is 16.0 Å². The van der Waals surface area contributed by atoms with Crippen LogP contribution in [-0.2, 0) is 6.42 Å². The molecule has 232 valence electrons. The van der Waals surface area contributed by atoms with E-state index in [4.69, 9.17) is 9.97 Å². The first kappa shape index (κ1) is 31.6. The summed E-state index contributed by atoms with van der Waals surface area (Å²) in [5.74, 6) is 1.90. The maximum absolute atomic E-state index is 5.41. The average Bonchev–Trinajstić information content (AvgIpc) is 3.05. The molecule has 5 heteroatoms. The summed E-state index contributed by atoms with van der Waals surface area (Å²) in [7, 11) is 0. The molecule has 0 radical (unpaired) electrons. The molecule has 1 aliphatic rings. The minimum absolute atomic E-state index is 0.212. The van der Waals surface area contributed by atoms with E-state index in [-0.39, 0.29) is 23.7 Å². The smallest absolute Gasteiger partial charge is 0.128 e. The van der Waals surface area contributed by atoms with Gasteiger partial charge in [-0.3, -0.25) is 4.98 Å². The highest BCUT2D eigenvalue weighted by atomic mass is 15.0. The Balaban J connectivity index is 1.67. The summed E-state index contributed by atoms with van der Waals surface area (Å²) in [4.78, 5) is 10.7. The van der Waals surface area contributed by atoms with Crippen molar-refractivity contribution in [1.82, 2.24) is 9.97 Å². The van der Waals surface area contributed by atoms with Crippen LogP contribution in [0.1, 0.15) is 112 Å². The summed E-state index contributed by atoms with van der Waals surface area (Å²) in [6.07, 6.45) is 6.55. The van der Waals surface area contributed by atoms with E-state index in [0.717, 1.165) is 75.4 Å². The lowest BCUT2D eigenvalue weighted by Crippen LogP contribution is -2.41. The molecule has 1 aliphatic carbocycles. The Labute approximate surface area is 265 Å². The van der Waals surface area contributed by atoms with Gasteiger partial charge in [-0.2, -0.15) is 0 Å². The number of unbranched alkanes of at least 4 members (excludes halogenated alkanes) is 1. The third-order valence-corrected chi connectivity index (χ3v) is 8.84. The van der Waals surface area contributed by atoms with Gasteiger partial charge < -0.3 is 16.0 Å². The summed E-state index contributed by atoms with van der Waals surface area (Å²) in [5, 5.41) is 10.9. The van der Waals surface area contributed by atoms with Crippen molar-refractivity contribution in [2.24, 2.45) is 0 Å². The maximum Gasteiger partial charge on any atom is 0.128 e. The third kappa shape index (κ3) is 7.43. The second kappa shape index (κ2) is 15.7. The van der Waals surface area contributed by atoms with E-state index in [1.807, 2.05) is 0 Å². The number of anilines is 3. The van der Waals surface area contributed by atoms with Gasteiger partial charge in [-0.15, -0.1) is 0 Å². The predicted molar refractivity (Wildman–Crippen MR) is 187 cm³/mol. The molecule has 0 aliphatic heterocycles. The van der Waals surface area contributed by atoms with Crippen molar-refractivity contribution in [1.29, 1.82) is 0 Å². The quantitative estimate of drug-likeness (QED) is 0.121. The Morgan fingerprint density at radius 2 is 1.02 bits per heavy atom. The fourth-order valence-corrected chi connectivity index (χ4v) is 6.74. The van der Waals surface area contributed by atoms with Gasteiger partial charge >= 0.3 is 0 Å². The molecular formula is C39H51N5. The summed E-state index contributed by atoms with van der Waals surface area (Å²) in [6.45, 7) is 11.7. The lowest BCUT2D eigenvalue weighted by molar-refractivity contribution is 0.220. The van der Waals surface area contributed by atoms with Crippen molar-refractivity contribution in [3.8, 4) is 0 Å². The first-order valence-electron chi connectivity index (χ1n) is 17.0. The molecule has 4 aromatic rings. The van der Waals surface area contributed by atoms with Crippen LogP contribution in [0.25, 0.3) is 0 Å². The SMILES string of the molecule is CCCCc1cc(NCCC)cc(C2[C@@H](c3ccccc3)C(c3cc(NCCC)cc(NCCC)n3)[C@@H]2c2ccccc2)n1. The normalized spacial score (nSPS) is 19.3. The zero-order valence-electron chi connectivity index (χ0n) is 27.2. The lowest BCUT2D eigenvalue weighted by atomic mass is 9.50. The fourth-order valence-electron chi connectivity index (χ4n) is 6.74. The number of nitrogens with one attached hydrogen (secondary N) is 3. The molecule has 3 N–H and O–H groups in total. The van der Waals surface area contributed by atoms with Crippen molar-refractivity contribution < 1.29 is 0 Å². The van der Waals surface area contributed by atoms with E-state index in [1.54, 1.807) is 0 Å². The minimum Gasteiger partial charge on any atom is -0.385 e. The van der Waals surface area contributed by atoms with E-state index in [1.165, 1.54) is 28.2 Å². The Morgan fingerprint density at radius 1 is 0.523 bits per heavy atom. The number of hydrogen-bond donors (Lipinski definition) is 3. The average molecular weight is 590 g/mol. The van der Waals surface area contributed by atoms with Crippen LogP contribution in [0.2, 0.25) is 0 Å². The molecule has 0 bridgehead atoms. The molecule has 0 unspecified atom stereocenters. The summed E-state index contributed by atoms with van der Waals surface area (Å²) in [6, 6.07) is 31.3. The molecule has 2 aromatic carbocycles. The van der Waals surface area contributed by atoms with Crippen molar-refractivity contribution in [2.75, 3.05) is 35.6 Å². The largest absolute Gasteiger partial charge is 0.385 e. The van der Waals surface area contributed by atoms with E-state index in [2.05, 4.69) is 129 Å². The fraction of sp³-hybridized carbons (Fsp3) is 0.436. The number of aromatic nitrogens is 2. The van der Waals surface area contributed by atoms with Crippen LogP contribution in [0.15, 0.2) is 84.9 Å². The van der Waals surface area contributed by atoms with Gasteiger partial charge in [-0.05, 0) is 61.4 Å². The second-order valence-electron chi connectivity index (χ2n) is 12.2. The van der Waals surface area contributed by atoms with Crippen LogP contribution >= 0.6 is 0 Å². The monoisotopic (exact) mass is 589 g/mol. The number of pyridine rings is 2. The molecule has 1 fully saturated rings. The van der Waals surface area contributed by atoms with E-state index in [0.29, 0.717) is 0 Å². The second-order valence-corrected chi connectivity index (χ2v) is 12.2. The molecule has 5 rings (SSSR count). The highest BCUT2D eigenvalue weighted by Crippen LogP contribution is 2.66. The molecule has 0 spiro atoms. The molecule has 2 atom stereocenters. The molecule has 44 heavy (non-hydrogen) atoms. The number of nitrogens with zero attached hydrogens (tertiary/aromatic N) is 2. The topological polar surface area (TPSA) is 61.9 Å². The van der Waals surface area contributed by atoms with E-state index >= 15 is 0 Å². The highest BCUT2D eigenvalue weighted by Gasteiger charge is 2.54. The van der Waals surface area contributed by atoms with Crippen LogP contribution in [-0.4, -0.2) is 29.6 Å². The molecule has 2 heterocycles. The highest BCUT2D eigenvalue weighted by molar-refractivity contribution is 5.57. The van der Waals surface area contributed by atoms with Gasteiger partial charge in [0.15, 0.2) is 0 Å². The molecule has 0 amide bonds. The van der Waals surface area contributed by atoms with Gasteiger partial charge in [-0.25, -0.2) is 4.98 Å². The van der Waals surface area contributed by atoms with E-state index < -0.39 is 0 Å². The summed E-state index contributed by atoms with van der Waals surface area (Å²) >= 11 is 0. The Morgan fingerprint density at radius 3 is 1.55 bits per heavy atom. The maximum atomic E-state index is 5.41. The Kier molecular flexibility index (Phi) is 11.3. The number of hydrogen-bond acceptors (Lipinski definition) is 5. The van der Waals surface area contributed by atoms with Crippen LogP contribution in [0, 0.1) is 0 Å². The van der Waals surface area contributed by atoms with Gasteiger partial charge in [0.2, 0.25) is 0 Å². The summed E-state index contributed by atoms with van der Waals surface area (Å²) in [5.41, 5.74) is 8.59. The predicted octanol–water partition coefficient (Wildman–Crippen LogP) is 9.73. The van der Waals surface area contributed by atoms with Crippen molar-refractivity contribution in [2.45, 2.75) is 89.9 Å². The molecular weight excluding hydrogens is 538 g/mol. The van der Waals surface area contributed by atoms with Gasteiger partial charge in [-0.1, -0.05) is 94.8 Å². The Bertz CT molecular complexity index is 1270. The van der Waals surface area contributed by atoms with Gasteiger partial charge in [0.05, 0.1) is 0 Å². The van der Waals surface area contributed by atoms with Crippen molar-refractivity contribution in [3.63, 3.8) is 0 Å². The number of rotatable bonds is 16. The van der Waals surface area contributed by atoms with Crippen LogP contribution in [0.4, 0.5) is 17.2 Å². The standard InChI is InChI=1S/C39H51N5/c1-5-9-20-30-24-31(40-21-6-2)25-33(43-30)38-36(28-16-12-10-13-17-28)39(37(38)29-18-14-11-15-19-29)34-26-32(41-22-7-3)27-35(44-34)42-23-8-4/h10-19,24-27,36-39H,5-9,20-23H2,1-4H3,(H,40,43)(H2,41,42,44)/t36-,37-,38?,39?/m1/s1. The van der Waals surface area contributed by atoms with Gasteiger partial charge in [0.25, 0.3) is 0 Å². The van der Waals surface area contributed by atoms with E-state index in [9.17, 15) is 0 Å². The summed E-state index contributed by atoms with van der Waals surface area (Å²) < 4.78 is 0. The molecule has 0 saturated heterocycles. The Hall–Kier alpha value is -3.86. The first-order valence-corrected chi connectivity index (χ1v) is 17.0. The number of aryl methyl sites for hydroxylation is 1. The molecule has 2 aromatic heterocycles. The van der Waals surface area contributed by atoms with Crippen LogP contribution in [0.3, 0.4) is 0 Å². The lowest BCUT2D eigenvalue weighted by Gasteiger charge is -2.52. The van der Waals surface area contributed by atoms with Crippen LogP contribution in [0.5, 0.6) is 0 Å². The minimum atomic E-state index is 0.212. The van der Waals surface area contributed by atoms with Gasteiger partial charge in [0.1, 0.15) is 5.82 Å². The zero-order chi connectivity index (χ0) is 30.7. The number of benzene rings is 2. The third-order valence-electron chi connectivity index (χ3n) is 8.84. The molecule has 1 saturated carbocycles. The zero-order valence-corrected chi connectivity index (χ0v) is 27.2. The molecule has 5 nitrogen and oxygen atoms in total. The van der Waals surface area contributed by atoms with Crippen molar-refractivity contribution in [3.05, 3.63) is 113 Å².